The van der Waals surface area contributed by atoms with Gasteiger partial charge in [0, 0.05) is 13.3 Å². The maximum Gasteiger partial charge on any atom is 0.336 e. The number of anilines is 2. The van der Waals surface area contributed by atoms with Gasteiger partial charge in [0.1, 0.15) is 59.7 Å². The van der Waals surface area contributed by atoms with Gasteiger partial charge in [0.25, 0.3) is 0 Å². The van der Waals surface area contributed by atoms with Gasteiger partial charge in [-0.2, -0.15) is 0 Å². The van der Waals surface area contributed by atoms with Gasteiger partial charge in [-0.1, -0.05) is 0 Å². The normalized spacial score (nSPS) is 39.6. The molecule has 3 aromatic rings. The van der Waals surface area contributed by atoms with Gasteiger partial charge >= 0.3 is 19.1 Å². The second-order valence-corrected chi connectivity index (χ2v) is 16.2. The van der Waals surface area contributed by atoms with Crippen LogP contribution in [0.25, 0.3) is 5.65 Å². The largest absolute Gasteiger partial charge is 0.382 e. The third kappa shape index (κ3) is 5.75. The predicted molar refractivity (Wildman–Crippen MR) is 163 cm³/mol. The first-order chi connectivity index (χ1) is 21.9. The number of imidazole rings is 2. The fourth-order valence-corrected chi connectivity index (χ4v) is 8.59. The van der Waals surface area contributed by atoms with E-state index in [2.05, 4.69) is 20.3 Å². The van der Waals surface area contributed by atoms with Crippen molar-refractivity contribution in [3.63, 3.8) is 0 Å². The van der Waals surface area contributed by atoms with Gasteiger partial charge in [0.15, 0.2) is 18.6 Å². The minimum Gasteiger partial charge on any atom is -0.382 e. The van der Waals surface area contributed by atoms with E-state index in [4.69, 9.17) is 67.4 Å². The number of hydrogen-bond donors (Lipinski definition) is 5. The minimum absolute atomic E-state index is 0.0808. The van der Waals surface area contributed by atoms with Crippen LogP contribution in [-0.4, -0.2) is 96.6 Å². The molecule has 0 aliphatic carbocycles. The van der Waals surface area contributed by atoms with Gasteiger partial charge in [-0.25, -0.2) is 23.6 Å². The number of ether oxygens (including phenoxy) is 3. The molecule has 7 rings (SSSR count). The van der Waals surface area contributed by atoms with Crippen LogP contribution in [0.4, 0.5) is 16.0 Å². The summed E-state index contributed by atoms with van der Waals surface area (Å²) in [6.07, 6.45) is -6.07. The van der Waals surface area contributed by atoms with Crippen LogP contribution in [0, 0.1) is 0 Å². The third-order valence-electron chi connectivity index (χ3n) is 7.79. The van der Waals surface area contributed by atoms with Gasteiger partial charge in [0.05, 0.1) is 32.1 Å². The first-order valence-electron chi connectivity index (χ1n) is 13.6. The smallest absolute Gasteiger partial charge is 0.336 e. The maximum absolute atomic E-state index is 16.1. The Bertz CT molecular complexity index is 1840. The maximum atomic E-state index is 16.1. The zero-order valence-electron chi connectivity index (χ0n) is 23.6. The fraction of sp³-hybridized carbons (Fsp3) is 0.545. The highest BCUT2D eigenvalue weighted by Crippen LogP contribution is 2.54. The monoisotopic (exact) mass is 723 g/mol. The Morgan fingerprint density at radius 1 is 1.11 bits per heavy atom. The number of nitrogens with zero attached hydrogens (tertiary/aromatic N) is 6. The van der Waals surface area contributed by atoms with E-state index >= 15 is 4.39 Å². The Morgan fingerprint density at radius 2 is 1.80 bits per heavy atom. The number of hydrogen-bond acceptors (Lipinski definition) is 16. The molecule has 3 aromatic heterocycles. The number of halogens is 1. The molecule has 250 valence electrons. The molecule has 0 spiro atoms. The van der Waals surface area contributed by atoms with Gasteiger partial charge in [0.2, 0.25) is 0 Å². The zero-order valence-corrected chi connectivity index (χ0v) is 27.0. The lowest BCUT2D eigenvalue weighted by atomic mass is 10.1. The van der Waals surface area contributed by atoms with Crippen molar-refractivity contribution in [3.05, 3.63) is 41.0 Å². The SMILES string of the molecule is CO[C@H]1[C@H]2OP(O)(=S)OC[C@H]3O[C@@H](n4ccc5nc(N)cn5c4=O)[C@H](F)[C@@H]3OP(O)(=S)OC[C@H]1O[C@H]2n1cnc2c1NC=NC2N. The highest BCUT2D eigenvalue weighted by Gasteiger charge is 2.53. The number of aliphatic imine (C=N–C) groups is 1. The summed E-state index contributed by atoms with van der Waals surface area (Å²) in [6.45, 7) is -9.38. The van der Waals surface area contributed by atoms with Crippen LogP contribution in [0.1, 0.15) is 24.3 Å². The second kappa shape index (κ2) is 12.0. The molecule has 0 saturated carbocycles. The number of fused-ring (bicyclic) bond motifs is 5. The molecule has 7 heterocycles. The topological polar surface area (TPSA) is 239 Å². The van der Waals surface area contributed by atoms with Crippen LogP contribution in [0.15, 0.2) is 34.6 Å². The summed E-state index contributed by atoms with van der Waals surface area (Å²) >= 11 is 10.6. The van der Waals surface area contributed by atoms with E-state index in [9.17, 15) is 14.6 Å². The molecule has 24 heteroatoms. The van der Waals surface area contributed by atoms with E-state index < -0.39 is 87.7 Å². The summed E-state index contributed by atoms with van der Waals surface area (Å²) in [5.41, 5.74) is 11.7. The van der Waals surface area contributed by atoms with Crippen LogP contribution in [0.3, 0.4) is 0 Å². The first-order valence-corrected chi connectivity index (χ1v) is 18.8. The summed E-state index contributed by atoms with van der Waals surface area (Å²) in [6, 6.07) is 1.44. The molecule has 0 amide bonds. The quantitative estimate of drug-likeness (QED) is 0.220. The Balaban J connectivity index is 1.20. The fourth-order valence-electron chi connectivity index (χ4n) is 5.74. The molecule has 3 unspecified atom stereocenters. The lowest BCUT2D eigenvalue weighted by molar-refractivity contribution is -0.0620. The molecule has 0 aromatic carbocycles. The molecule has 46 heavy (non-hydrogen) atoms. The summed E-state index contributed by atoms with van der Waals surface area (Å²) in [7, 11) is 1.37. The molecular formula is C22H28FN9O10P2S2. The van der Waals surface area contributed by atoms with Gasteiger partial charge in [-0.15, -0.1) is 0 Å². The molecule has 7 N–H and O–H groups in total. The molecule has 2 bridgehead atoms. The molecule has 0 radical (unpaired) electrons. The Hall–Kier alpha value is -2.27. The second-order valence-electron chi connectivity index (χ2n) is 10.6. The van der Waals surface area contributed by atoms with E-state index in [0.29, 0.717) is 11.5 Å². The number of rotatable bonds is 3. The average Bonchev–Trinajstić information content (AvgIpc) is 3.75. The lowest BCUT2D eigenvalue weighted by Crippen LogP contribution is -2.37. The average molecular weight is 724 g/mol. The number of nitrogens with two attached hydrogens (primary N) is 2. The number of nitrogen functional groups attached to an aromatic ring is 1. The van der Waals surface area contributed by atoms with E-state index in [1.54, 1.807) is 4.57 Å². The lowest BCUT2D eigenvalue weighted by Gasteiger charge is -2.29. The van der Waals surface area contributed by atoms with Crippen LogP contribution in [0.2, 0.25) is 0 Å². The number of aromatic nitrogens is 5. The van der Waals surface area contributed by atoms with Crippen LogP contribution >= 0.6 is 13.4 Å². The van der Waals surface area contributed by atoms with Crippen molar-refractivity contribution >= 4 is 60.7 Å². The van der Waals surface area contributed by atoms with Gasteiger partial charge in [-0.3, -0.25) is 23.2 Å². The molecule has 3 fully saturated rings. The predicted octanol–water partition coefficient (Wildman–Crippen LogP) is -0.215. The molecule has 4 aliphatic heterocycles. The Morgan fingerprint density at radius 3 is 2.54 bits per heavy atom. The van der Waals surface area contributed by atoms with Crippen molar-refractivity contribution in [1.82, 2.24) is 23.5 Å². The van der Waals surface area contributed by atoms with E-state index in [1.165, 1.54) is 38.2 Å². The molecule has 11 atom stereocenters. The van der Waals surface area contributed by atoms with Crippen LogP contribution < -0.4 is 22.5 Å². The van der Waals surface area contributed by atoms with E-state index in [1.807, 2.05) is 0 Å². The van der Waals surface area contributed by atoms with Gasteiger partial charge < -0.3 is 49.8 Å². The first kappa shape index (κ1) is 32.3. The Kier molecular flexibility index (Phi) is 8.43. The molecule has 19 nitrogen and oxygen atoms in total. The third-order valence-corrected chi connectivity index (χ3v) is 10.9. The van der Waals surface area contributed by atoms with Crippen molar-refractivity contribution in [2.45, 2.75) is 55.3 Å². The number of alkyl halides is 1. The summed E-state index contributed by atoms with van der Waals surface area (Å²) < 4.78 is 60.3. The number of nitrogens with one attached hydrogen (secondary N) is 1. The van der Waals surface area contributed by atoms with E-state index in [-0.39, 0.29) is 11.5 Å². The summed E-state index contributed by atoms with van der Waals surface area (Å²) in [5, 5.41) is 2.96. The highest BCUT2D eigenvalue weighted by molar-refractivity contribution is 8.07. The van der Waals surface area contributed by atoms with Crippen molar-refractivity contribution < 1.29 is 46.5 Å². The van der Waals surface area contributed by atoms with Crippen molar-refractivity contribution in [3.8, 4) is 0 Å². The van der Waals surface area contributed by atoms with Crippen molar-refractivity contribution in [1.29, 1.82) is 0 Å². The summed E-state index contributed by atoms with van der Waals surface area (Å²) in [5.74, 6) is 0.521. The standard InChI is InChI=1S/C22H28FN9O10P2S2/c1-36-16-10-6-38-43(34,45)41-15-9(39-20(13(15)23)30-3-2-12-29-11(24)4-31(12)22(30)33)5-37-44(35,46)42-17(16)21(40-10)32-8-28-14-18(25)26-7-27-19(14)32/h2-4,7-10,13,15-18,20-21H,5-6,24-25H2,1H3,(H,26,27)(H,34,45)(H,35,46)/t9-,10-,13-,15-,16-,17-,18?,20-,21-,43?,44?/m1/s1. The van der Waals surface area contributed by atoms with Gasteiger partial charge in [-0.05, 0) is 29.7 Å². The van der Waals surface area contributed by atoms with Crippen molar-refractivity contribution in [2.75, 3.05) is 31.4 Å². The molecule has 4 aliphatic rings. The minimum atomic E-state index is -4.22. The molecular weight excluding hydrogens is 695 g/mol. The zero-order chi connectivity index (χ0) is 32.5. The van der Waals surface area contributed by atoms with Crippen molar-refractivity contribution in [2.24, 2.45) is 10.7 Å². The Labute approximate surface area is 268 Å². The van der Waals surface area contributed by atoms with Crippen LogP contribution in [0.5, 0.6) is 0 Å². The highest BCUT2D eigenvalue weighted by atomic mass is 32.5. The van der Waals surface area contributed by atoms with Crippen LogP contribution in [-0.2, 0) is 55.9 Å². The molecule has 3 saturated heterocycles. The summed E-state index contributed by atoms with van der Waals surface area (Å²) in [4.78, 5) is 47.8. The number of methoxy groups -OCH3 is 1. The van der Waals surface area contributed by atoms with E-state index in [0.717, 1.165) is 8.97 Å².